The van der Waals surface area contributed by atoms with E-state index in [1.165, 1.54) is 13.2 Å². The van der Waals surface area contributed by atoms with Gasteiger partial charge in [0.1, 0.15) is 10.6 Å². The number of rotatable bonds is 9. The molecule has 0 aliphatic rings. The molecular weight excluding hydrogens is 470 g/mol. The van der Waals surface area contributed by atoms with Crippen LogP contribution in [0.3, 0.4) is 0 Å². The van der Waals surface area contributed by atoms with E-state index in [-0.39, 0.29) is 22.4 Å². The second-order valence-electron chi connectivity index (χ2n) is 7.96. The molecule has 2 N–H and O–H groups in total. The first-order chi connectivity index (χ1) is 16.7. The Bertz CT molecular complexity index is 1520. The van der Waals surface area contributed by atoms with Crippen molar-refractivity contribution in [3.05, 3.63) is 77.6 Å². The number of nitrogens with zero attached hydrogens (tertiary/aromatic N) is 3. The van der Waals surface area contributed by atoms with E-state index in [1.54, 1.807) is 35.9 Å². The maximum absolute atomic E-state index is 13.2. The van der Waals surface area contributed by atoms with E-state index in [0.717, 1.165) is 11.1 Å². The number of nitrogens with one attached hydrogen (secondary N) is 2. The summed E-state index contributed by atoms with van der Waals surface area (Å²) < 4.78 is 41.3. The Morgan fingerprint density at radius 2 is 2.03 bits per heavy atom. The molecule has 0 aliphatic heterocycles. The predicted octanol–water partition coefficient (Wildman–Crippen LogP) is 3.30. The van der Waals surface area contributed by atoms with Gasteiger partial charge in [-0.25, -0.2) is 8.42 Å². The number of anilines is 1. The standard InChI is InChI=1S/C24H25N5O5S/c1-5-21(30)25-13-18-9-10-29(26-18)14-17-11-16(3)22-20(12-17)34-27-24(22)28-35(31,32)23-15(2)7-6-8-19(23)33-4/h5-12H,1,13-14H2,2-4H3,(H,25,30)(H,27,28). The van der Waals surface area contributed by atoms with Crippen molar-refractivity contribution < 1.29 is 22.5 Å². The lowest BCUT2D eigenvalue weighted by Crippen LogP contribution is -2.20. The number of aryl methyl sites for hydroxylation is 2. The van der Waals surface area contributed by atoms with E-state index >= 15 is 0 Å². The van der Waals surface area contributed by atoms with Crippen LogP contribution in [0.5, 0.6) is 5.75 Å². The van der Waals surface area contributed by atoms with Gasteiger partial charge in [0, 0.05) is 6.20 Å². The molecule has 0 saturated heterocycles. The maximum atomic E-state index is 13.2. The molecule has 0 fully saturated rings. The molecule has 4 aromatic rings. The van der Waals surface area contributed by atoms with Gasteiger partial charge in [0.2, 0.25) is 5.91 Å². The van der Waals surface area contributed by atoms with E-state index in [2.05, 4.69) is 26.9 Å². The molecule has 0 saturated carbocycles. The molecule has 0 bridgehead atoms. The quantitative estimate of drug-likeness (QED) is 0.341. The second kappa shape index (κ2) is 9.63. The Kier molecular flexibility index (Phi) is 6.61. The minimum atomic E-state index is -3.98. The SMILES string of the molecule is C=CC(=O)NCc1ccn(Cc2cc(C)c3c(NS(=O)(=O)c4c(C)cccc4OC)noc3c2)n1. The lowest BCUT2D eigenvalue weighted by Gasteiger charge is -2.13. The smallest absolute Gasteiger partial charge is 0.267 e. The summed E-state index contributed by atoms with van der Waals surface area (Å²) in [5.41, 5.74) is 3.39. The number of carbonyl (C=O) groups excluding carboxylic acids is 1. The van der Waals surface area contributed by atoms with Crippen molar-refractivity contribution >= 4 is 32.7 Å². The summed E-state index contributed by atoms with van der Waals surface area (Å²) in [6, 6.07) is 10.5. The number of aromatic nitrogens is 3. The summed E-state index contributed by atoms with van der Waals surface area (Å²) in [5.74, 6) is 0.0823. The highest BCUT2D eigenvalue weighted by Gasteiger charge is 2.25. The summed E-state index contributed by atoms with van der Waals surface area (Å²) >= 11 is 0. The molecule has 0 unspecified atom stereocenters. The zero-order valence-corrected chi connectivity index (χ0v) is 20.3. The summed E-state index contributed by atoms with van der Waals surface area (Å²) in [4.78, 5) is 11.4. The van der Waals surface area contributed by atoms with Crippen LogP contribution >= 0.6 is 0 Å². The molecule has 4 rings (SSSR count). The molecule has 0 aliphatic carbocycles. The van der Waals surface area contributed by atoms with E-state index in [9.17, 15) is 13.2 Å². The number of sulfonamides is 1. The Hall–Kier alpha value is -4.12. The van der Waals surface area contributed by atoms with Gasteiger partial charge in [0.25, 0.3) is 10.0 Å². The van der Waals surface area contributed by atoms with Gasteiger partial charge in [-0.15, -0.1) is 0 Å². The number of benzene rings is 2. The number of ether oxygens (including phenoxy) is 1. The van der Waals surface area contributed by atoms with E-state index in [0.29, 0.717) is 35.3 Å². The molecule has 11 heteroatoms. The van der Waals surface area contributed by atoms with Crippen LogP contribution in [0.2, 0.25) is 0 Å². The fourth-order valence-electron chi connectivity index (χ4n) is 3.84. The second-order valence-corrected chi connectivity index (χ2v) is 9.57. The number of hydrogen-bond acceptors (Lipinski definition) is 7. The van der Waals surface area contributed by atoms with Gasteiger partial charge in [-0.2, -0.15) is 5.10 Å². The van der Waals surface area contributed by atoms with Gasteiger partial charge >= 0.3 is 0 Å². The highest BCUT2D eigenvalue weighted by Crippen LogP contribution is 2.33. The molecule has 10 nitrogen and oxygen atoms in total. The van der Waals surface area contributed by atoms with Crippen LogP contribution in [0, 0.1) is 13.8 Å². The minimum absolute atomic E-state index is 0.0479. The van der Waals surface area contributed by atoms with Gasteiger partial charge in [-0.1, -0.05) is 29.9 Å². The van der Waals surface area contributed by atoms with Gasteiger partial charge in [0.05, 0.1) is 31.3 Å². The third kappa shape index (κ3) is 5.04. The van der Waals surface area contributed by atoms with Crippen LogP contribution in [0.15, 0.2) is 64.7 Å². The van der Waals surface area contributed by atoms with Crippen molar-refractivity contribution in [2.45, 2.75) is 31.8 Å². The fraction of sp³-hybridized carbons (Fsp3) is 0.208. The predicted molar refractivity (Wildman–Crippen MR) is 131 cm³/mol. The van der Waals surface area contributed by atoms with Gasteiger partial charge < -0.3 is 14.6 Å². The van der Waals surface area contributed by atoms with E-state index in [1.807, 2.05) is 25.3 Å². The van der Waals surface area contributed by atoms with Crippen molar-refractivity contribution in [1.29, 1.82) is 0 Å². The Morgan fingerprint density at radius 3 is 2.77 bits per heavy atom. The van der Waals surface area contributed by atoms with Crippen LogP contribution < -0.4 is 14.8 Å². The van der Waals surface area contributed by atoms with Crippen LogP contribution in [0.1, 0.15) is 22.4 Å². The van der Waals surface area contributed by atoms with Crippen LogP contribution in [-0.4, -0.2) is 36.4 Å². The zero-order chi connectivity index (χ0) is 25.2. The molecule has 1 amide bonds. The number of amides is 1. The normalized spacial score (nSPS) is 11.4. The van der Waals surface area contributed by atoms with E-state index < -0.39 is 10.0 Å². The topological polar surface area (TPSA) is 128 Å². The highest BCUT2D eigenvalue weighted by atomic mass is 32.2. The van der Waals surface area contributed by atoms with Crippen molar-refractivity contribution in [2.75, 3.05) is 11.8 Å². The summed E-state index contributed by atoms with van der Waals surface area (Å²) in [7, 11) is -2.56. The average molecular weight is 496 g/mol. The molecule has 0 spiro atoms. The first kappa shape index (κ1) is 24.0. The third-order valence-corrected chi connectivity index (χ3v) is 6.92. The minimum Gasteiger partial charge on any atom is -0.495 e. The fourth-order valence-corrected chi connectivity index (χ4v) is 5.24. The van der Waals surface area contributed by atoms with Gasteiger partial charge in [-0.05, 0) is 54.8 Å². The molecule has 2 heterocycles. The van der Waals surface area contributed by atoms with Crippen molar-refractivity contribution in [1.82, 2.24) is 20.3 Å². The average Bonchev–Trinajstić information content (AvgIpc) is 3.43. The highest BCUT2D eigenvalue weighted by molar-refractivity contribution is 7.92. The summed E-state index contributed by atoms with van der Waals surface area (Å²) in [6.07, 6.45) is 3.02. The lowest BCUT2D eigenvalue weighted by atomic mass is 10.1. The summed E-state index contributed by atoms with van der Waals surface area (Å²) in [6.45, 7) is 7.73. The Labute approximate surface area is 202 Å². The van der Waals surface area contributed by atoms with Crippen molar-refractivity contribution in [3.8, 4) is 5.75 Å². The number of hydrogen-bond donors (Lipinski definition) is 2. The van der Waals surface area contributed by atoms with Crippen LogP contribution in [-0.2, 0) is 27.9 Å². The number of fused-ring (bicyclic) bond motifs is 1. The monoisotopic (exact) mass is 495 g/mol. The number of methoxy groups -OCH3 is 1. The first-order valence-electron chi connectivity index (χ1n) is 10.7. The van der Waals surface area contributed by atoms with Crippen molar-refractivity contribution in [3.63, 3.8) is 0 Å². The first-order valence-corrected chi connectivity index (χ1v) is 12.2. The zero-order valence-electron chi connectivity index (χ0n) is 19.5. The molecular formula is C24H25N5O5S. The molecule has 0 radical (unpaired) electrons. The molecule has 35 heavy (non-hydrogen) atoms. The number of carbonyl (C=O) groups is 1. The molecule has 0 atom stereocenters. The molecule has 2 aromatic heterocycles. The Morgan fingerprint density at radius 1 is 1.23 bits per heavy atom. The van der Waals surface area contributed by atoms with E-state index in [4.69, 9.17) is 9.26 Å². The van der Waals surface area contributed by atoms with Crippen LogP contribution in [0.4, 0.5) is 5.82 Å². The van der Waals surface area contributed by atoms with Crippen LogP contribution in [0.25, 0.3) is 11.0 Å². The summed E-state index contributed by atoms with van der Waals surface area (Å²) in [5, 5.41) is 11.7. The van der Waals surface area contributed by atoms with Gasteiger partial charge in [0.15, 0.2) is 11.4 Å². The third-order valence-electron chi connectivity index (χ3n) is 5.40. The van der Waals surface area contributed by atoms with Crippen molar-refractivity contribution in [2.24, 2.45) is 0 Å². The lowest BCUT2D eigenvalue weighted by molar-refractivity contribution is -0.116. The Balaban J connectivity index is 1.58. The maximum Gasteiger partial charge on any atom is 0.267 e. The largest absolute Gasteiger partial charge is 0.495 e. The molecule has 182 valence electrons. The van der Waals surface area contributed by atoms with Gasteiger partial charge in [-0.3, -0.25) is 14.2 Å². The molecule has 2 aromatic carbocycles.